The van der Waals surface area contributed by atoms with Gasteiger partial charge in [0.1, 0.15) is 5.69 Å². The van der Waals surface area contributed by atoms with Gasteiger partial charge < -0.3 is 9.84 Å². The molecule has 1 N–H and O–H groups in total. The van der Waals surface area contributed by atoms with Crippen LogP contribution in [0.5, 0.6) is 5.75 Å². The lowest BCUT2D eigenvalue weighted by atomic mass is 10.1. The van der Waals surface area contributed by atoms with Crippen LogP contribution < -0.4 is 0 Å². The Hall–Kier alpha value is -1.92. The van der Waals surface area contributed by atoms with Crippen LogP contribution in [0.15, 0.2) is 34.8 Å². The molecule has 0 aliphatic carbocycles. The van der Waals surface area contributed by atoms with Crippen LogP contribution in [-0.4, -0.2) is 28.4 Å². The summed E-state index contributed by atoms with van der Waals surface area (Å²) < 4.78 is 5.16. The second kappa shape index (κ2) is 8.97. The summed E-state index contributed by atoms with van der Waals surface area (Å²) in [6.07, 6.45) is 0.276. The molecule has 2 rings (SSSR count). The molecule has 0 atom stereocenters. The van der Waals surface area contributed by atoms with Gasteiger partial charge in [-0.2, -0.15) is 0 Å². The molecule has 1 aromatic heterocycles. The number of hydrogen-bond donors (Lipinski definition) is 1. The normalized spacial score (nSPS) is 10.5. The summed E-state index contributed by atoms with van der Waals surface area (Å²) in [5.41, 5.74) is 1.37. The van der Waals surface area contributed by atoms with Crippen molar-refractivity contribution in [2.75, 3.05) is 6.61 Å². The predicted octanol–water partition coefficient (Wildman–Crippen LogP) is 4.32. The molecular weight excluding hydrogens is 410 g/mol. The maximum atomic E-state index is 12.3. The summed E-state index contributed by atoms with van der Waals surface area (Å²) >= 11 is 9.39. The molecule has 5 nitrogen and oxygen atoms in total. The molecule has 132 valence electrons. The monoisotopic (exact) mass is 425 g/mol. The second-order valence-corrected chi connectivity index (χ2v) is 6.55. The van der Waals surface area contributed by atoms with Gasteiger partial charge in [0.15, 0.2) is 11.5 Å². The minimum Gasteiger partial charge on any atom is -0.504 e. The molecule has 7 heteroatoms. The van der Waals surface area contributed by atoms with Gasteiger partial charge in [0.2, 0.25) is 0 Å². The summed E-state index contributed by atoms with van der Waals surface area (Å²) in [6.45, 7) is 1.96. The van der Waals surface area contributed by atoms with Crippen LogP contribution >= 0.6 is 27.5 Å². The van der Waals surface area contributed by atoms with Crippen molar-refractivity contribution in [3.8, 4) is 5.75 Å². The van der Waals surface area contributed by atoms with Gasteiger partial charge in [-0.1, -0.05) is 29.8 Å². The largest absolute Gasteiger partial charge is 0.504 e. The first-order chi connectivity index (χ1) is 11.9. The number of aromatic hydroxyl groups is 1. The van der Waals surface area contributed by atoms with E-state index in [1.165, 1.54) is 0 Å². The molecule has 25 heavy (non-hydrogen) atoms. The van der Waals surface area contributed by atoms with E-state index in [0.29, 0.717) is 21.6 Å². The smallest absolute Gasteiger partial charge is 0.306 e. The number of halogens is 2. The topological polar surface area (TPSA) is 76.5 Å². The number of ether oxygens (including phenoxy) is 1. The third-order valence-electron chi connectivity index (χ3n) is 3.45. The van der Waals surface area contributed by atoms with Crippen LogP contribution in [0.2, 0.25) is 5.02 Å². The highest BCUT2D eigenvalue weighted by Gasteiger charge is 2.19. The van der Waals surface area contributed by atoms with Gasteiger partial charge in [-0.15, -0.1) is 0 Å². The van der Waals surface area contributed by atoms with E-state index in [0.717, 1.165) is 5.56 Å². The van der Waals surface area contributed by atoms with Crippen LogP contribution in [0.25, 0.3) is 0 Å². The number of rotatable bonds is 7. The van der Waals surface area contributed by atoms with Gasteiger partial charge in [-0.25, -0.2) is 4.98 Å². The van der Waals surface area contributed by atoms with E-state index in [1.807, 2.05) is 18.2 Å². The number of aromatic nitrogens is 1. The Balaban J connectivity index is 2.21. The molecule has 0 radical (unpaired) electrons. The molecule has 0 fully saturated rings. The first-order valence-corrected chi connectivity index (χ1v) is 8.90. The van der Waals surface area contributed by atoms with Gasteiger partial charge in [-0.3, -0.25) is 9.59 Å². The van der Waals surface area contributed by atoms with E-state index in [1.54, 1.807) is 19.1 Å². The fraction of sp³-hybridized carbons (Fsp3) is 0.278. The third-order valence-corrected chi connectivity index (χ3v) is 4.43. The number of benzene rings is 1. The molecular formula is C18H17BrClNO4. The summed E-state index contributed by atoms with van der Waals surface area (Å²) in [6, 6.07) is 8.98. The van der Waals surface area contributed by atoms with Crippen LogP contribution in [0, 0.1) is 0 Å². The zero-order chi connectivity index (χ0) is 18.4. The molecule has 0 aliphatic rings. The summed E-state index contributed by atoms with van der Waals surface area (Å²) in [5, 5.41) is 10.7. The molecule has 0 saturated carbocycles. The van der Waals surface area contributed by atoms with Gasteiger partial charge >= 0.3 is 5.97 Å². The van der Waals surface area contributed by atoms with Gasteiger partial charge in [0, 0.05) is 23.6 Å². The van der Waals surface area contributed by atoms with Crippen molar-refractivity contribution in [1.82, 2.24) is 4.98 Å². The number of pyridine rings is 1. The van der Waals surface area contributed by atoms with Crippen molar-refractivity contribution in [2.24, 2.45) is 0 Å². The first-order valence-electron chi connectivity index (χ1n) is 7.73. The van der Waals surface area contributed by atoms with E-state index in [2.05, 4.69) is 20.9 Å². The number of hydrogen-bond acceptors (Lipinski definition) is 5. The quantitative estimate of drug-likeness (QED) is 0.527. The molecule has 0 amide bonds. The van der Waals surface area contributed by atoms with E-state index in [-0.39, 0.29) is 30.9 Å². The minimum atomic E-state index is -0.457. The fourth-order valence-electron chi connectivity index (χ4n) is 2.25. The van der Waals surface area contributed by atoms with Gasteiger partial charge in [0.05, 0.1) is 17.5 Å². The number of carbonyl (C=O) groups is 2. The average Bonchev–Trinajstić information content (AvgIpc) is 2.58. The second-order valence-electron chi connectivity index (χ2n) is 5.29. The minimum absolute atomic E-state index is 0.0554. The van der Waals surface area contributed by atoms with Crippen molar-refractivity contribution in [1.29, 1.82) is 0 Å². The maximum Gasteiger partial charge on any atom is 0.306 e. The fourth-order valence-corrected chi connectivity index (χ4v) is 2.90. The molecule has 0 saturated heterocycles. The molecule has 1 heterocycles. The highest BCUT2D eigenvalue weighted by atomic mass is 79.9. The Morgan fingerprint density at radius 2 is 2.00 bits per heavy atom. The maximum absolute atomic E-state index is 12.3. The number of Topliss-reactive ketones (excluding diaryl/α,β-unsaturated/α-hetero) is 1. The van der Waals surface area contributed by atoms with E-state index in [9.17, 15) is 14.7 Å². The Morgan fingerprint density at radius 1 is 1.28 bits per heavy atom. The van der Waals surface area contributed by atoms with E-state index >= 15 is 0 Å². The van der Waals surface area contributed by atoms with Crippen molar-refractivity contribution in [2.45, 2.75) is 26.2 Å². The molecule has 0 spiro atoms. The van der Waals surface area contributed by atoms with E-state index < -0.39 is 11.8 Å². The average molecular weight is 427 g/mol. The number of ketones is 1. The highest BCUT2D eigenvalue weighted by Crippen LogP contribution is 2.30. The lowest BCUT2D eigenvalue weighted by Gasteiger charge is -2.09. The predicted molar refractivity (Wildman–Crippen MR) is 98.1 cm³/mol. The SMILES string of the molecule is CCOC(=O)CCC(=O)c1nc(Cc2ccccc2Cl)cc(Br)c1O. The van der Waals surface area contributed by atoms with Crippen LogP contribution in [0.3, 0.4) is 0 Å². The zero-order valence-corrected chi connectivity index (χ0v) is 15.9. The Labute approximate surface area is 159 Å². The zero-order valence-electron chi connectivity index (χ0n) is 13.6. The molecule has 0 aliphatic heterocycles. The number of nitrogens with zero attached hydrogens (tertiary/aromatic N) is 1. The summed E-state index contributed by atoms with van der Waals surface area (Å²) in [7, 11) is 0. The van der Waals surface area contributed by atoms with Crippen molar-refractivity contribution in [3.63, 3.8) is 0 Å². The highest BCUT2D eigenvalue weighted by molar-refractivity contribution is 9.10. The lowest BCUT2D eigenvalue weighted by molar-refractivity contribution is -0.143. The van der Waals surface area contributed by atoms with Crippen molar-refractivity contribution in [3.05, 3.63) is 56.8 Å². The van der Waals surface area contributed by atoms with Gasteiger partial charge in [0.25, 0.3) is 0 Å². The molecule has 2 aromatic rings. The van der Waals surface area contributed by atoms with Gasteiger partial charge in [-0.05, 0) is 40.5 Å². The third kappa shape index (κ3) is 5.28. The summed E-state index contributed by atoms with van der Waals surface area (Å²) in [4.78, 5) is 28.0. The number of esters is 1. The number of carbonyl (C=O) groups excluding carboxylic acids is 2. The van der Waals surface area contributed by atoms with E-state index in [4.69, 9.17) is 16.3 Å². The van der Waals surface area contributed by atoms with Crippen molar-refractivity contribution >= 4 is 39.3 Å². The van der Waals surface area contributed by atoms with Crippen LogP contribution in [-0.2, 0) is 16.0 Å². The summed E-state index contributed by atoms with van der Waals surface area (Å²) in [5.74, 6) is -1.12. The standard InChI is InChI=1S/C18H17BrClNO4/c1-2-25-16(23)8-7-15(22)17-18(24)13(19)10-12(21-17)9-11-5-3-4-6-14(11)20/h3-6,10,24H,2,7-9H2,1H3. The molecule has 0 bridgehead atoms. The van der Waals surface area contributed by atoms with Crippen LogP contribution in [0.4, 0.5) is 0 Å². The van der Waals surface area contributed by atoms with Crippen molar-refractivity contribution < 1.29 is 19.4 Å². The molecule has 1 aromatic carbocycles. The van der Waals surface area contributed by atoms with Crippen LogP contribution in [0.1, 0.15) is 41.5 Å². The first kappa shape index (κ1) is 19.4. The lowest BCUT2D eigenvalue weighted by Crippen LogP contribution is -2.10. The Morgan fingerprint density at radius 3 is 2.68 bits per heavy atom. The Kier molecular flexibility index (Phi) is 6.96. The Bertz CT molecular complexity index is 795. The molecule has 0 unspecified atom stereocenters.